The van der Waals surface area contributed by atoms with Crippen LogP contribution in [0.25, 0.3) is 0 Å². The van der Waals surface area contributed by atoms with Crippen LogP contribution in [0.1, 0.15) is 271 Å². The number of carboxylic acid groups (broad SMARTS) is 1. The minimum absolute atomic E-state index is 0. The molecule has 0 aromatic carbocycles. The Balaban J connectivity index is 0. The molecule has 0 rings (SSSR count). The quantitative estimate of drug-likeness (QED) is 0.0470. The second-order valence-corrected chi connectivity index (χ2v) is 16.0. The summed E-state index contributed by atoms with van der Waals surface area (Å²) in [6.45, 7) is 7.81. The predicted molar refractivity (Wildman–Crippen MR) is 217 cm³/mol. The minimum atomic E-state index is -0.896. The molecule has 0 N–H and O–H groups in total. The summed E-state index contributed by atoms with van der Waals surface area (Å²) in [4.78, 5) is 13.5. The van der Waals surface area contributed by atoms with Gasteiger partial charge in [-0.3, -0.25) is 0 Å². The third-order valence-electron chi connectivity index (χ3n) is 11.0. The zero-order valence-electron chi connectivity index (χ0n) is 35.2. The van der Waals surface area contributed by atoms with E-state index >= 15 is 0 Å². The Labute approximate surface area is 328 Å². The molecule has 0 aliphatic carbocycles. The van der Waals surface area contributed by atoms with Gasteiger partial charge >= 0.3 is 18.9 Å². The number of hydrogen-bond donors (Lipinski definition) is 0. The van der Waals surface area contributed by atoms with Gasteiger partial charge in [-0.1, -0.05) is 245 Å². The summed E-state index contributed by atoms with van der Waals surface area (Å²) < 4.78 is 0. The first kappa shape index (κ1) is 52.1. The molecular formula is C46H92LiNO2. The number of rotatable bonds is 44. The average Bonchev–Trinajstić information content (AvgIpc) is 3.09. The maximum absolute atomic E-state index is 10.9. The fourth-order valence-corrected chi connectivity index (χ4v) is 7.61. The fraction of sp³-hybridized carbons (Fsp3) is 0.978. The molecule has 0 aromatic rings. The van der Waals surface area contributed by atoms with Gasteiger partial charge in [-0.25, -0.2) is 0 Å². The largest absolute Gasteiger partial charge is 1.00 e. The van der Waals surface area contributed by atoms with Crippen LogP contribution in [0.5, 0.6) is 0 Å². The second-order valence-electron chi connectivity index (χ2n) is 16.0. The summed E-state index contributed by atoms with van der Waals surface area (Å²) in [7, 11) is 0. The molecule has 0 heterocycles. The van der Waals surface area contributed by atoms with Crippen molar-refractivity contribution in [2.24, 2.45) is 0 Å². The Morgan fingerprint density at radius 1 is 0.320 bits per heavy atom. The Bertz CT molecular complexity index is 573. The summed E-state index contributed by atoms with van der Waals surface area (Å²) in [6.07, 6.45) is 54.8. The molecule has 0 atom stereocenters. The molecule has 0 aliphatic heterocycles. The van der Waals surface area contributed by atoms with Gasteiger partial charge in [0.15, 0.2) is 0 Å². The van der Waals surface area contributed by atoms with E-state index in [1.807, 2.05) is 0 Å². The Hall–Kier alpha value is 0.0274. The minimum Gasteiger partial charge on any atom is -0.550 e. The van der Waals surface area contributed by atoms with Crippen molar-refractivity contribution < 1.29 is 28.8 Å². The van der Waals surface area contributed by atoms with E-state index in [-0.39, 0.29) is 25.3 Å². The van der Waals surface area contributed by atoms with E-state index in [0.29, 0.717) is 0 Å². The molecule has 0 spiro atoms. The molecule has 0 amide bonds. The molecule has 0 saturated heterocycles. The molecule has 4 heteroatoms. The van der Waals surface area contributed by atoms with Gasteiger partial charge in [-0.05, 0) is 45.3 Å². The van der Waals surface area contributed by atoms with Gasteiger partial charge in [-0.2, -0.15) is 0 Å². The first-order valence-electron chi connectivity index (χ1n) is 23.1. The van der Waals surface area contributed by atoms with E-state index in [1.54, 1.807) is 0 Å². The summed E-state index contributed by atoms with van der Waals surface area (Å²) in [5, 5.41) is 10.9. The first-order valence-corrected chi connectivity index (χ1v) is 23.1. The summed E-state index contributed by atoms with van der Waals surface area (Å²) >= 11 is 0. The van der Waals surface area contributed by atoms with Crippen LogP contribution in [0.2, 0.25) is 0 Å². The van der Waals surface area contributed by atoms with Crippen LogP contribution in [0, 0.1) is 0 Å². The third-order valence-corrected chi connectivity index (χ3v) is 11.0. The number of carbonyl (C=O) groups excluding carboxylic acids is 1. The van der Waals surface area contributed by atoms with E-state index in [4.69, 9.17) is 0 Å². The van der Waals surface area contributed by atoms with E-state index in [2.05, 4.69) is 18.7 Å². The van der Waals surface area contributed by atoms with Crippen molar-refractivity contribution in [3.8, 4) is 0 Å². The van der Waals surface area contributed by atoms with Crippen LogP contribution in [-0.2, 0) is 4.79 Å². The van der Waals surface area contributed by atoms with Crippen molar-refractivity contribution in [3.63, 3.8) is 0 Å². The number of aliphatic carboxylic acids is 1. The average molecular weight is 698 g/mol. The van der Waals surface area contributed by atoms with E-state index in [1.165, 1.54) is 244 Å². The standard InChI is InChI=1S/C46H93NO2.Li/c1-3-5-7-9-11-13-15-17-19-21-23-25-27-29-31-33-35-37-39-43-47(45-41-42-46(48)49)44-40-38-36-34-32-30-28-26-24-22-20-18-16-14-12-10-8-6-4-2;/h3-45H2,1-2H3,(H,48,49);/q;+1/p-1. The monoisotopic (exact) mass is 698 g/mol. The molecular weight excluding hydrogens is 605 g/mol. The van der Waals surface area contributed by atoms with E-state index in [9.17, 15) is 9.90 Å². The molecule has 0 bridgehead atoms. The number of carbonyl (C=O) groups is 1. The maximum Gasteiger partial charge on any atom is 1.00 e. The van der Waals surface area contributed by atoms with Gasteiger partial charge in [0.25, 0.3) is 0 Å². The second kappa shape index (κ2) is 47.0. The normalized spacial score (nSPS) is 11.4. The molecule has 0 saturated carbocycles. The Kier molecular flexibility index (Phi) is 49.1. The van der Waals surface area contributed by atoms with Gasteiger partial charge < -0.3 is 14.8 Å². The smallest absolute Gasteiger partial charge is 0.550 e. The number of unbranched alkanes of at least 4 members (excludes halogenated alkanes) is 36. The molecule has 294 valence electrons. The molecule has 0 unspecified atom stereocenters. The van der Waals surface area contributed by atoms with Gasteiger partial charge in [0.05, 0.1) is 0 Å². The van der Waals surface area contributed by atoms with Crippen LogP contribution in [-0.4, -0.2) is 30.5 Å². The first-order chi connectivity index (χ1) is 24.2. The van der Waals surface area contributed by atoms with E-state index in [0.717, 1.165) is 26.1 Å². The van der Waals surface area contributed by atoms with Crippen molar-refractivity contribution in [3.05, 3.63) is 0 Å². The maximum atomic E-state index is 10.9. The molecule has 3 nitrogen and oxygen atoms in total. The molecule has 0 radical (unpaired) electrons. The van der Waals surface area contributed by atoms with Crippen LogP contribution >= 0.6 is 0 Å². The van der Waals surface area contributed by atoms with Gasteiger partial charge in [0.1, 0.15) is 0 Å². The molecule has 0 fully saturated rings. The van der Waals surface area contributed by atoms with Gasteiger partial charge in [-0.15, -0.1) is 0 Å². The molecule has 0 aliphatic rings. The van der Waals surface area contributed by atoms with Gasteiger partial charge in [0, 0.05) is 5.97 Å². The van der Waals surface area contributed by atoms with Crippen molar-refractivity contribution in [1.29, 1.82) is 0 Å². The summed E-state index contributed by atoms with van der Waals surface area (Å²) in [5.74, 6) is -0.896. The van der Waals surface area contributed by atoms with Crippen LogP contribution in [0.3, 0.4) is 0 Å². The predicted octanol–water partition coefficient (Wildman–Crippen LogP) is 11.7. The Morgan fingerprint density at radius 3 is 0.700 bits per heavy atom. The van der Waals surface area contributed by atoms with Crippen LogP contribution in [0.4, 0.5) is 0 Å². The number of carboxylic acids is 1. The summed E-state index contributed by atoms with van der Waals surface area (Å²) in [5.41, 5.74) is 0. The molecule has 0 aromatic heterocycles. The van der Waals surface area contributed by atoms with Crippen molar-refractivity contribution in [2.45, 2.75) is 271 Å². The number of nitrogens with zero attached hydrogens (tertiary/aromatic N) is 1. The number of hydrogen-bond acceptors (Lipinski definition) is 3. The van der Waals surface area contributed by atoms with E-state index < -0.39 is 5.97 Å². The third kappa shape index (κ3) is 46.0. The van der Waals surface area contributed by atoms with Crippen LogP contribution < -0.4 is 24.0 Å². The summed E-state index contributed by atoms with van der Waals surface area (Å²) in [6, 6.07) is 0. The fourth-order valence-electron chi connectivity index (χ4n) is 7.61. The topological polar surface area (TPSA) is 43.4 Å². The zero-order valence-corrected chi connectivity index (χ0v) is 35.2. The zero-order chi connectivity index (χ0) is 35.6. The van der Waals surface area contributed by atoms with Crippen molar-refractivity contribution in [2.75, 3.05) is 19.6 Å². The van der Waals surface area contributed by atoms with Crippen LogP contribution in [0.15, 0.2) is 0 Å². The van der Waals surface area contributed by atoms with Gasteiger partial charge in [0.2, 0.25) is 0 Å². The molecule has 50 heavy (non-hydrogen) atoms. The Morgan fingerprint density at radius 2 is 0.500 bits per heavy atom. The van der Waals surface area contributed by atoms with Crippen molar-refractivity contribution >= 4 is 5.97 Å². The van der Waals surface area contributed by atoms with Crippen molar-refractivity contribution in [1.82, 2.24) is 4.90 Å². The SMILES string of the molecule is CCCCCCCCCCCCCCCCCCCCCN(CCCCCCCCCCCCCCCCCCCCC)CCCC(=O)[O-].[Li+].